The van der Waals surface area contributed by atoms with Crippen molar-refractivity contribution in [1.82, 2.24) is 10.6 Å². The number of alkyl carbamates (subject to hydrolysis) is 1. The van der Waals surface area contributed by atoms with Gasteiger partial charge in [-0.1, -0.05) is 121 Å². The standard InChI is InChI=1S/C32H54N2O4/c1-5-6-7-8-9-10-11-12-13-14-15-17-22-30(25-29-20-18-16-19-21-29)26-33-28(4)34-32(36)38-24-23-37-31(35)27(2)3/h16,18-21,28,30,33H,2,5-15,17,22-26H2,1,3-4H3,(H,34,36). The quantitative estimate of drug-likeness (QED) is 0.0655. The van der Waals surface area contributed by atoms with Crippen molar-refractivity contribution in [3.8, 4) is 0 Å². The van der Waals surface area contributed by atoms with Crippen LogP contribution in [0.1, 0.15) is 110 Å². The van der Waals surface area contributed by atoms with Gasteiger partial charge in [-0.3, -0.25) is 5.32 Å². The molecular formula is C32H54N2O4. The minimum atomic E-state index is -0.531. The number of benzene rings is 1. The summed E-state index contributed by atoms with van der Waals surface area (Å²) in [7, 11) is 0. The van der Waals surface area contributed by atoms with Crippen LogP contribution in [-0.4, -0.2) is 38.0 Å². The SMILES string of the molecule is C=C(C)C(=O)OCCOC(=O)NC(C)NCC(CCCCCCCCCCCCCC)Cc1ccccc1. The first-order valence-corrected chi connectivity index (χ1v) is 15.0. The second kappa shape index (κ2) is 22.6. The van der Waals surface area contributed by atoms with Crippen LogP contribution in [0.4, 0.5) is 4.79 Å². The van der Waals surface area contributed by atoms with E-state index >= 15 is 0 Å². The second-order valence-electron chi connectivity index (χ2n) is 10.6. The Kier molecular flexibility index (Phi) is 20.1. The zero-order valence-electron chi connectivity index (χ0n) is 24.4. The first-order valence-electron chi connectivity index (χ1n) is 15.0. The molecule has 216 valence electrons. The van der Waals surface area contributed by atoms with Crippen LogP contribution in [-0.2, 0) is 20.7 Å². The van der Waals surface area contributed by atoms with E-state index in [0.717, 1.165) is 13.0 Å². The van der Waals surface area contributed by atoms with Crippen molar-refractivity contribution in [1.29, 1.82) is 0 Å². The lowest BCUT2D eigenvalue weighted by atomic mass is 9.93. The van der Waals surface area contributed by atoms with Gasteiger partial charge < -0.3 is 14.8 Å². The van der Waals surface area contributed by atoms with Crippen molar-refractivity contribution in [3.05, 3.63) is 48.0 Å². The van der Waals surface area contributed by atoms with Gasteiger partial charge in [0.1, 0.15) is 13.2 Å². The van der Waals surface area contributed by atoms with E-state index in [2.05, 4.69) is 54.5 Å². The van der Waals surface area contributed by atoms with Gasteiger partial charge in [-0.25, -0.2) is 9.59 Å². The molecule has 0 radical (unpaired) electrons. The molecule has 0 spiro atoms. The lowest BCUT2D eigenvalue weighted by Gasteiger charge is -2.22. The van der Waals surface area contributed by atoms with Gasteiger partial charge in [-0.2, -0.15) is 0 Å². The molecule has 0 bridgehead atoms. The Morgan fingerprint density at radius 1 is 0.842 bits per heavy atom. The number of ether oxygens (including phenoxy) is 2. The largest absolute Gasteiger partial charge is 0.459 e. The van der Waals surface area contributed by atoms with Crippen molar-refractivity contribution < 1.29 is 19.1 Å². The number of hydrogen-bond donors (Lipinski definition) is 2. The molecule has 2 atom stereocenters. The summed E-state index contributed by atoms with van der Waals surface area (Å²) in [4.78, 5) is 23.4. The molecule has 0 fully saturated rings. The van der Waals surface area contributed by atoms with Gasteiger partial charge in [0.2, 0.25) is 0 Å². The molecule has 2 unspecified atom stereocenters. The van der Waals surface area contributed by atoms with Gasteiger partial charge in [0.25, 0.3) is 0 Å². The average Bonchev–Trinajstić information content (AvgIpc) is 2.90. The molecule has 0 aliphatic carbocycles. The van der Waals surface area contributed by atoms with Crippen molar-refractivity contribution in [2.45, 2.75) is 117 Å². The maximum Gasteiger partial charge on any atom is 0.408 e. The summed E-state index contributed by atoms with van der Waals surface area (Å²) in [6.07, 6.45) is 17.7. The lowest BCUT2D eigenvalue weighted by molar-refractivity contribution is -0.139. The van der Waals surface area contributed by atoms with Crippen molar-refractivity contribution in [3.63, 3.8) is 0 Å². The summed E-state index contributed by atoms with van der Waals surface area (Å²) in [5.41, 5.74) is 1.67. The number of esters is 1. The highest BCUT2D eigenvalue weighted by atomic mass is 16.6. The smallest absolute Gasteiger partial charge is 0.408 e. The number of rotatable bonds is 23. The van der Waals surface area contributed by atoms with Crippen LogP contribution in [0.25, 0.3) is 0 Å². The lowest BCUT2D eigenvalue weighted by Crippen LogP contribution is -2.45. The summed E-state index contributed by atoms with van der Waals surface area (Å²) in [5, 5.41) is 6.24. The Morgan fingerprint density at radius 2 is 1.39 bits per heavy atom. The maximum atomic E-state index is 12.0. The van der Waals surface area contributed by atoms with E-state index in [-0.39, 0.29) is 19.4 Å². The van der Waals surface area contributed by atoms with E-state index in [9.17, 15) is 9.59 Å². The van der Waals surface area contributed by atoms with E-state index in [4.69, 9.17) is 9.47 Å². The number of hydrogen-bond acceptors (Lipinski definition) is 5. The highest BCUT2D eigenvalue weighted by molar-refractivity contribution is 5.86. The monoisotopic (exact) mass is 530 g/mol. The molecule has 0 saturated heterocycles. The average molecular weight is 531 g/mol. The van der Waals surface area contributed by atoms with Crippen LogP contribution in [0.3, 0.4) is 0 Å². The van der Waals surface area contributed by atoms with Crippen LogP contribution in [0, 0.1) is 5.92 Å². The molecule has 1 amide bonds. The molecule has 0 aromatic heterocycles. The van der Waals surface area contributed by atoms with Crippen molar-refractivity contribution in [2.24, 2.45) is 5.92 Å². The fourth-order valence-corrected chi connectivity index (χ4v) is 4.50. The van der Waals surface area contributed by atoms with E-state index in [1.165, 1.54) is 89.0 Å². The molecular weight excluding hydrogens is 476 g/mol. The Morgan fingerprint density at radius 3 is 1.97 bits per heavy atom. The predicted molar refractivity (Wildman–Crippen MR) is 157 cm³/mol. The molecule has 1 aromatic rings. The molecule has 0 heterocycles. The Labute approximate surface area is 232 Å². The van der Waals surface area contributed by atoms with Gasteiger partial charge in [0, 0.05) is 12.1 Å². The fourth-order valence-electron chi connectivity index (χ4n) is 4.50. The number of carbonyl (C=O) groups is 2. The van der Waals surface area contributed by atoms with Crippen LogP contribution in [0.2, 0.25) is 0 Å². The second-order valence-corrected chi connectivity index (χ2v) is 10.6. The number of carbonyl (C=O) groups excluding carboxylic acids is 2. The molecule has 0 aliphatic rings. The van der Waals surface area contributed by atoms with Crippen LogP contribution in [0.15, 0.2) is 42.5 Å². The summed E-state index contributed by atoms with van der Waals surface area (Å²) in [6, 6.07) is 10.6. The van der Waals surface area contributed by atoms with Crippen molar-refractivity contribution >= 4 is 12.1 Å². The van der Waals surface area contributed by atoms with Gasteiger partial charge in [-0.15, -0.1) is 0 Å². The Bertz CT molecular complexity index is 753. The molecule has 1 aromatic carbocycles. The predicted octanol–water partition coefficient (Wildman–Crippen LogP) is 7.72. The van der Waals surface area contributed by atoms with Gasteiger partial charge in [-0.05, 0) is 38.2 Å². The number of nitrogens with one attached hydrogen (secondary N) is 2. The molecule has 6 nitrogen and oxygen atoms in total. The van der Waals surface area contributed by atoms with E-state index < -0.39 is 12.1 Å². The zero-order valence-corrected chi connectivity index (χ0v) is 24.4. The highest BCUT2D eigenvalue weighted by Crippen LogP contribution is 2.18. The molecule has 6 heteroatoms. The van der Waals surface area contributed by atoms with E-state index in [1.54, 1.807) is 6.92 Å². The fraction of sp³-hybridized carbons (Fsp3) is 0.688. The normalized spacial score (nSPS) is 12.5. The molecule has 38 heavy (non-hydrogen) atoms. The zero-order chi connectivity index (χ0) is 27.8. The molecule has 1 rings (SSSR count). The maximum absolute atomic E-state index is 12.0. The Balaban J connectivity index is 2.26. The third-order valence-corrected chi connectivity index (χ3v) is 6.78. The number of amides is 1. The van der Waals surface area contributed by atoms with Gasteiger partial charge >= 0.3 is 12.1 Å². The summed E-state index contributed by atoms with van der Waals surface area (Å²) < 4.78 is 10.0. The number of unbranched alkanes of at least 4 members (excludes halogenated alkanes) is 11. The minimum Gasteiger partial charge on any atom is -0.459 e. The molecule has 2 N–H and O–H groups in total. The first-order chi connectivity index (χ1) is 18.4. The van der Waals surface area contributed by atoms with Crippen LogP contribution < -0.4 is 10.6 Å². The Hall–Kier alpha value is -2.34. The summed E-state index contributed by atoms with van der Waals surface area (Å²) >= 11 is 0. The summed E-state index contributed by atoms with van der Waals surface area (Å²) in [5.74, 6) is 0.0176. The van der Waals surface area contributed by atoms with Crippen molar-refractivity contribution in [2.75, 3.05) is 19.8 Å². The molecule has 0 aliphatic heterocycles. The van der Waals surface area contributed by atoms with E-state index in [0.29, 0.717) is 11.5 Å². The minimum absolute atomic E-state index is 0.00711. The molecule has 0 saturated carbocycles. The van der Waals surface area contributed by atoms with Gasteiger partial charge in [0.05, 0.1) is 6.17 Å². The summed E-state index contributed by atoms with van der Waals surface area (Å²) in [6.45, 7) is 10.1. The van der Waals surface area contributed by atoms with Gasteiger partial charge in [0.15, 0.2) is 0 Å². The van der Waals surface area contributed by atoms with Crippen LogP contribution >= 0.6 is 0 Å². The van der Waals surface area contributed by atoms with E-state index in [1.807, 2.05) is 6.92 Å². The third-order valence-electron chi connectivity index (χ3n) is 6.78. The van der Waals surface area contributed by atoms with Crippen LogP contribution in [0.5, 0.6) is 0 Å². The first kappa shape index (κ1) is 33.7. The third kappa shape index (κ3) is 18.8. The topological polar surface area (TPSA) is 76.7 Å². The highest BCUT2D eigenvalue weighted by Gasteiger charge is 2.14.